The van der Waals surface area contributed by atoms with Crippen LogP contribution in [0.4, 0.5) is 0 Å². The normalized spacial score (nSPS) is 18.9. The van der Waals surface area contributed by atoms with E-state index in [4.69, 9.17) is 10.2 Å². The Morgan fingerprint density at radius 3 is 1.47 bits per heavy atom. The molecular weight excluding hydrogens is 448 g/mol. The van der Waals surface area contributed by atoms with E-state index in [-0.39, 0.29) is 52.0 Å². The lowest BCUT2D eigenvalue weighted by molar-refractivity contribution is -0.160. The zero-order valence-electron chi connectivity index (χ0n) is 19.7. The largest absolute Gasteiger partial charge is 0.396 e. The number of hydrogen-bond donors (Lipinski definition) is 6. The predicted octanol–water partition coefficient (Wildman–Crippen LogP) is -0.377. The summed E-state index contributed by atoms with van der Waals surface area (Å²) in [5, 5.41) is 43.6. The minimum Gasteiger partial charge on any atom is -0.396 e. The summed E-state index contributed by atoms with van der Waals surface area (Å²) in [5.41, 5.74) is 1.25. The van der Waals surface area contributed by atoms with Gasteiger partial charge in [-0.05, 0) is 52.4 Å². The third-order valence-electron chi connectivity index (χ3n) is 5.25. The molecule has 2 atom stereocenters. The number of hydroxylamine groups is 4. The summed E-state index contributed by atoms with van der Waals surface area (Å²) >= 11 is 0. The van der Waals surface area contributed by atoms with E-state index in [1.807, 2.05) is 0 Å². The Kier molecular flexibility index (Phi) is 13.0. The second kappa shape index (κ2) is 15.2. The van der Waals surface area contributed by atoms with Crippen LogP contribution >= 0.6 is 0 Å². The fraction of sp³-hybridized carbons (Fsp3) is 0.636. The number of rotatable bonds is 14. The first-order chi connectivity index (χ1) is 16.1. The third kappa shape index (κ3) is 10.4. The standard InChI is InChI=1S/C22H36N4O8/c1-15(7-11-27)13-19(29)25(33)9-3-5-17-21(31)24-18(22(32)23-17)6-4-10-26(34)20(30)14-16(2)8-12-28/h13-14,17-18,27-28,33-34H,3-12H2,1-2H3,(H,23,32)(H,24,31)/b15-13+,16-14+. The molecule has 1 fully saturated rings. The van der Waals surface area contributed by atoms with Gasteiger partial charge in [0.2, 0.25) is 11.8 Å². The van der Waals surface area contributed by atoms with Gasteiger partial charge in [-0.15, -0.1) is 0 Å². The van der Waals surface area contributed by atoms with Crippen LogP contribution < -0.4 is 10.6 Å². The average molecular weight is 485 g/mol. The zero-order valence-corrected chi connectivity index (χ0v) is 19.7. The van der Waals surface area contributed by atoms with E-state index in [9.17, 15) is 29.6 Å². The number of nitrogens with zero attached hydrogens (tertiary/aromatic N) is 2. The fourth-order valence-corrected chi connectivity index (χ4v) is 3.26. The van der Waals surface area contributed by atoms with E-state index >= 15 is 0 Å². The molecule has 1 aliphatic heterocycles. The quantitative estimate of drug-likeness (QED) is 0.110. The van der Waals surface area contributed by atoms with Crippen molar-refractivity contribution in [1.29, 1.82) is 0 Å². The topological polar surface area (TPSA) is 180 Å². The lowest BCUT2D eigenvalue weighted by atomic mass is 10.0. The molecule has 34 heavy (non-hydrogen) atoms. The van der Waals surface area contributed by atoms with Crippen LogP contribution in [0.15, 0.2) is 23.3 Å². The van der Waals surface area contributed by atoms with Crippen molar-refractivity contribution in [2.45, 2.75) is 64.5 Å². The number of carbonyl (C=O) groups excluding carboxylic acids is 4. The summed E-state index contributed by atoms with van der Waals surface area (Å²) in [6.45, 7) is 3.06. The van der Waals surface area contributed by atoms with Crippen molar-refractivity contribution < 1.29 is 39.8 Å². The highest BCUT2D eigenvalue weighted by Crippen LogP contribution is 2.10. The maximum atomic E-state index is 12.3. The maximum Gasteiger partial charge on any atom is 0.269 e. The summed E-state index contributed by atoms with van der Waals surface area (Å²) in [4.78, 5) is 48.4. The van der Waals surface area contributed by atoms with Crippen LogP contribution in [0.25, 0.3) is 0 Å². The molecule has 1 aliphatic rings. The van der Waals surface area contributed by atoms with E-state index in [0.717, 1.165) is 0 Å². The maximum absolute atomic E-state index is 12.3. The number of amides is 4. The van der Waals surface area contributed by atoms with Gasteiger partial charge < -0.3 is 20.8 Å². The summed E-state index contributed by atoms with van der Waals surface area (Å²) < 4.78 is 0. The molecule has 0 saturated carbocycles. The van der Waals surface area contributed by atoms with E-state index in [1.54, 1.807) is 13.8 Å². The molecule has 192 valence electrons. The van der Waals surface area contributed by atoms with Gasteiger partial charge >= 0.3 is 0 Å². The highest BCUT2D eigenvalue weighted by atomic mass is 16.5. The summed E-state index contributed by atoms with van der Waals surface area (Å²) in [6, 6.07) is -1.59. The monoisotopic (exact) mass is 484 g/mol. The molecular formula is C22H36N4O8. The molecule has 1 rings (SSSR count). The van der Waals surface area contributed by atoms with Crippen LogP contribution in [0.3, 0.4) is 0 Å². The highest BCUT2D eigenvalue weighted by molar-refractivity contribution is 5.96. The highest BCUT2D eigenvalue weighted by Gasteiger charge is 2.33. The molecule has 0 aromatic carbocycles. The van der Waals surface area contributed by atoms with Crippen molar-refractivity contribution in [3.05, 3.63) is 23.3 Å². The van der Waals surface area contributed by atoms with Gasteiger partial charge in [-0.25, -0.2) is 10.1 Å². The van der Waals surface area contributed by atoms with Crippen LogP contribution in [0.2, 0.25) is 0 Å². The lowest BCUT2D eigenvalue weighted by Gasteiger charge is -2.30. The van der Waals surface area contributed by atoms with Gasteiger partial charge in [-0.1, -0.05) is 11.1 Å². The first kappa shape index (κ1) is 29.2. The minimum absolute atomic E-state index is 0.0304. The van der Waals surface area contributed by atoms with Gasteiger partial charge in [0.05, 0.1) is 0 Å². The first-order valence-corrected chi connectivity index (χ1v) is 11.3. The average Bonchev–Trinajstić information content (AvgIpc) is 2.76. The number of nitrogens with one attached hydrogen (secondary N) is 2. The summed E-state index contributed by atoms with van der Waals surface area (Å²) in [6.07, 6.45) is 4.06. The first-order valence-electron chi connectivity index (χ1n) is 11.3. The van der Waals surface area contributed by atoms with Crippen LogP contribution in [0, 0.1) is 0 Å². The number of hydrogen-bond acceptors (Lipinski definition) is 8. The Hall–Kier alpha value is -2.80. The van der Waals surface area contributed by atoms with Crippen LogP contribution in [-0.4, -0.2) is 92.8 Å². The van der Waals surface area contributed by atoms with Gasteiger partial charge in [-0.2, -0.15) is 0 Å². The molecule has 0 aromatic rings. The summed E-state index contributed by atoms with van der Waals surface area (Å²) in [7, 11) is 0. The van der Waals surface area contributed by atoms with Crippen molar-refractivity contribution in [2.75, 3.05) is 26.3 Å². The molecule has 0 bridgehead atoms. The Morgan fingerprint density at radius 2 is 1.15 bits per heavy atom. The molecule has 0 aromatic heterocycles. The molecule has 12 heteroatoms. The molecule has 2 unspecified atom stereocenters. The van der Waals surface area contributed by atoms with E-state index in [2.05, 4.69) is 10.6 Å². The SMILES string of the molecule is C/C(=C\C(=O)N(O)CCCC1NC(=O)C(CCCN(O)C(=O)/C=C(\C)CCO)NC1=O)CCO. The van der Waals surface area contributed by atoms with Crippen molar-refractivity contribution in [3.63, 3.8) is 0 Å². The smallest absolute Gasteiger partial charge is 0.269 e. The molecule has 1 heterocycles. The third-order valence-corrected chi connectivity index (χ3v) is 5.25. The Morgan fingerprint density at radius 1 is 0.794 bits per heavy atom. The van der Waals surface area contributed by atoms with Crippen LogP contribution in [-0.2, 0) is 19.2 Å². The molecule has 4 amide bonds. The molecule has 1 saturated heterocycles. The predicted molar refractivity (Wildman–Crippen MR) is 120 cm³/mol. The van der Waals surface area contributed by atoms with Crippen molar-refractivity contribution in [2.24, 2.45) is 0 Å². The second-order valence-corrected chi connectivity index (χ2v) is 8.26. The molecule has 0 spiro atoms. The van der Waals surface area contributed by atoms with Crippen molar-refractivity contribution in [1.82, 2.24) is 20.8 Å². The van der Waals surface area contributed by atoms with Gasteiger partial charge in [-0.3, -0.25) is 29.6 Å². The number of aliphatic hydroxyl groups excluding tert-OH is 2. The number of piperazine rings is 1. The minimum atomic E-state index is -0.797. The van der Waals surface area contributed by atoms with E-state index < -0.39 is 35.7 Å². The fourth-order valence-electron chi connectivity index (χ4n) is 3.26. The van der Waals surface area contributed by atoms with E-state index in [1.165, 1.54) is 12.2 Å². The zero-order chi connectivity index (χ0) is 25.7. The van der Waals surface area contributed by atoms with Crippen molar-refractivity contribution >= 4 is 23.6 Å². The van der Waals surface area contributed by atoms with Gasteiger partial charge in [0.1, 0.15) is 12.1 Å². The Labute approximate surface area is 198 Å². The van der Waals surface area contributed by atoms with Gasteiger partial charge in [0.15, 0.2) is 0 Å². The number of carbonyl (C=O) groups is 4. The second-order valence-electron chi connectivity index (χ2n) is 8.26. The van der Waals surface area contributed by atoms with Gasteiger partial charge in [0.25, 0.3) is 11.8 Å². The number of aliphatic hydroxyl groups is 2. The molecule has 6 N–H and O–H groups in total. The Balaban J connectivity index is 2.40. The van der Waals surface area contributed by atoms with Crippen molar-refractivity contribution in [3.8, 4) is 0 Å². The molecule has 12 nitrogen and oxygen atoms in total. The molecule has 0 radical (unpaired) electrons. The summed E-state index contributed by atoms with van der Waals surface area (Å²) in [5.74, 6) is -2.03. The van der Waals surface area contributed by atoms with Crippen LogP contribution in [0.1, 0.15) is 52.4 Å². The molecule has 0 aliphatic carbocycles. The van der Waals surface area contributed by atoms with E-state index in [0.29, 0.717) is 34.1 Å². The van der Waals surface area contributed by atoms with Crippen LogP contribution in [0.5, 0.6) is 0 Å². The van der Waals surface area contributed by atoms with Gasteiger partial charge in [0, 0.05) is 38.5 Å². The Bertz CT molecular complexity index is 719. The lowest BCUT2D eigenvalue weighted by Crippen LogP contribution is -2.61.